The van der Waals surface area contributed by atoms with Crippen LogP contribution in [0.25, 0.3) is 0 Å². The predicted molar refractivity (Wildman–Crippen MR) is 117 cm³/mol. The zero-order valence-electron chi connectivity index (χ0n) is 17.7. The summed E-state index contributed by atoms with van der Waals surface area (Å²) in [5, 5.41) is 7.45. The minimum atomic E-state index is -0.209. The second-order valence-electron chi connectivity index (χ2n) is 9.16. The summed E-state index contributed by atoms with van der Waals surface area (Å²) in [6.45, 7) is 3.39. The topological polar surface area (TPSA) is 74.2 Å². The Bertz CT molecular complexity index is 872. The predicted octanol–water partition coefficient (Wildman–Crippen LogP) is 2.38. The molecule has 7 heteroatoms. The van der Waals surface area contributed by atoms with Gasteiger partial charge in [0, 0.05) is 37.4 Å². The summed E-state index contributed by atoms with van der Waals surface area (Å²) >= 11 is 0. The third-order valence-electron chi connectivity index (χ3n) is 7.06. The van der Waals surface area contributed by atoms with Crippen LogP contribution in [0.15, 0.2) is 36.7 Å². The minimum Gasteiger partial charge on any atom is -0.325 e. The molecule has 4 atom stereocenters. The summed E-state index contributed by atoms with van der Waals surface area (Å²) < 4.78 is 1.87. The molecule has 1 aromatic carbocycles. The fourth-order valence-corrected chi connectivity index (χ4v) is 5.38. The Morgan fingerprint density at radius 1 is 1.17 bits per heavy atom. The molecule has 30 heavy (non-hydrogen) atoms. The highest BCUT2D eigenvalue weighted by atomic mass is 16.2. The standard InChI is InChI=1S/C23H32N6O/c1-28-15-18(13-24-28)17-6-9-21-20(12-17)22(27-26-21)23(30)25-19-7-4-16(5-8-19)14-29-10-2-3-11-29/h4-5,7-8,13,15,17,20-22,26-27H,2-3,6,9-12,14H2,1H3,(H,25,30). The summed E-state index contributed by atoms with van der Waals surface area (Å²) in [5.74, 6) is 0.814. The van der Waals surface area contributed by atoms with E-state index >= 15 is 0 Å². The first-order valence-electron chi connectivity index (χ1n) is 11.3. The third kappa shape index (κ3) is 4.15. The zero-order valence-corrected chi connectivity index (χ0v) is 17.7. The first kappa shape index (κ1) is 19.7. The molecular formula is C23H32N6O. The van der Waals surface area contributed by atoms with Crippen molar-refractivity contribution < 1.29 is 4.79 Å². The number of aryl methyl sites for hydroxylation is 1. The number of hydrogen-bond acceptors (Lipinski definition) is 5. The summed E-state index contributed by atoms with van der Waals surface area (Å²) in [4.78, 5) is 15.5. The highest BCUT2D eigenvalue weighted by molar-refractivity contribution is 5.95. The first-order valence-corrected chi connectivity index (χ1v) is 11.3. The maximum absolute atomic E-state index is 13.0. The maximum atomic E-state index is 13.0. The van der Waals surface area contributed by atoms with E-state index in [0.29, 0.717) is 17.9 Å². The van der Waals surface area contributed by atoms with Crippen molar-refractivity contribution in [3.8, 4) is 0 Å². The van der Waals surface area contributed by atoms with Gasteiger partial charge in [0.05, 0.1) is 6.20 Å². The molecule has 1 aliphatic carbocycles. The number of hydrazine groups is 1. The van der Waals surface area contributed by atoms with Crippen LogP contribution in [0.1, 0.15) is 49.1 Å². The molecule has 4 unspecified atom stereocenters. The number of carbonyl (C=O) groups is 1. The molecule has 1 amide bonds. The van der Waals surface area contributed by atoms with Gasteiger partial charge in [0.2, 0.25) is 5.91 Å². The lowest BCUT2D eigenvalue weighted by molar-refractivity contribution is -0.119. The average Bonchev–Trinajstić information content (AvgIpc) is 3.50. The second-order valence-corrected chi connectivity index (χ2v) is 9.16. The van der Waals surface area contributed by atoms with Crippen LogP contribution in [0.5, 0.6) is 0 Å². The number of amides is 1. The second kappa shape index (κ2) is 8.49. The fraction of sp³-hybridized carbons (Fsp3) is 0.565. The van der Waals surface area contributed by atoms with Gasteiger partial charge in [0.25, 0.3) is 0 Å². The van der Waals surface area contributed by atoms with E-state index in [4.69, 9.17) is 0 Å². The Kier molecular flexibility index (Phi) is 5.58. The Balaban J connectivity index is 1.20. The molecule has 7 nitrogen and oxygen atoms in total. The Morgan fingerprint density at radius 3 is 2.70 bits per heavy atom. The Labute approximate surface area is 178 Å². The number of benzene rings is 1. The number of aromatic nitrogens is 2. The van der Waals surface area contributed by atoms with Crippen molar-refractivity contribution in [3.05, 3.63) is 47.8 Å². The van der Waals surface area contributed by atoms with Crippen molar-refractivity contribution in [2.24, 2.45) is 13.0 Å². The lowest BCUT2D eigenvalue weighted by Gasteiger charge is -2.32. The molecule has 3 fully saturated rings. The molecular weight excluding hydrogens is 376 g/mol. The number of rotatable bonds is 5. The number of carbonyl (C=O) groups excluding carboxylic acids is 1. The van der Waals surface area contributed by atoms with Crippen LogP contribution in [-0.4, -0.2) is 45.8 Å². The molecule has 0 spiro atoms. The lowest BCUT2D eigenvalue weighted by atomic mass is 9.74. The number of anilines is 1. The Morgan fingerprint density at radius 2 is 1.97 bits per heavy atom. The smallest absolute Gasteiger partial charge is 0.243 e. The molecule has 0 radical (unpaired) electrons. The van der Waals surface area contributed by atoms with E-state index in [-0.39, 0.29) is 11.9 Å². The van der Waals surface area contributed by atoms with Crippen LogP contribution in [0, 0.1) is 5.92 Å². The van der Waals surface area contributed by atoms with Gasteiger partial charge in [-0.3, -0.25) is 19.8 Å². The number of hydrogen-bond donors (Lipinski definition) is 3. The molecule has 160 valence electrons. The van der Waals surface area contributed by atoms with E-state index in [1.807, 2.05) is 30.1 Å². The number of fused-ring (bicyclic) bond motifs is 1. The molecule has 3 heterocycles. The van der Waals surface area contributed by atoms with Crippen molar-refractivity contribution in [1.82, 2.24) is 25.5 Å². The van der Waals surface area contributed by atoms with Gasteiger partial charge in [-0.2, -0.15) is 5.10 Å². The SMILES string of the molecule is Cn1cc(C2CCC3NNC(C(=O)Nc4ccc(CN5CCCC5)cc4)C3C2)cn1. The van der Waals surface area contributed by atoms with Crippen LogP contribution >= 0.6 is 0 Å². The van der Waals surface area contributed by atoms with Crippen LogP contribution < -0.4 is 16.2 Å². The van der Waals surface area contributed by atoms with Crippen molar-refractivity contribution >= 4 is 11.6 Å². The van der Waals surface area contributed by atoms with Gasteiger partial charge in [-0.25, -0.2) is 5.43 Å². The molecule has 0 bridgehead atoms. The van der Waals surface area contributed by atoms with Gasteiger partial charge in [-0.1, -0.05) is 12.1 Å². The molecule has 3 aliphatic rings. The van der Waals surface area contributed by atoms with Gasteiger partial charge in [-0.05, 0) is 74.4 Å². The molecule has 1 saturated carbocycles. The largest absolute Gasteiger partial charge is 0.325 e. The lowest BCUT2D eigenvalue weighted by Crippen LogP contribution is -2.42. The zero-order chi connectivity index (χ0) is 20.5. The molecule has 2 aliphatic heterocycles. The van der Waals surface area contributed by atoms with E-state index < -0.39 is 0 Å². The van der Waals surface area contributed by atoms with Crippen molar-refractivity contribution in [2.45, 2.75) is 56.7 Å². The van der Waals surface area contributed by atoms with Crippen LogP contribution in [0.2, 0.25) is 0 Å². The summed E-state index contributed by atoms with van der Waals surface area (Å²) in [6, 6.07) is 8.48. The molecule has 2 aromatic rings. The van der Waals surface area contributed by atoms with E-state index in [9.17, 15) is 4.79 Å². The quantitative estimate of drug-likeness (QED) is 0.708. The number of nitrogens with one attached hydrogen (secondary N) is 3. The number of nitrogens with zero attached hydrogens (tertiary/aromatic N) is 3. The minimum absolute atomic E-state index is 0.0501. The average molecular weight is 409 g/mol. The van der Waals surface area contributed by atoms with Gasteiger partial charge >= 0.3 is 0 Å². The van der Waals surface area contributed by atoms with Gasteiger partial charge in [0.15, 0.2) is 0 Å². The van der Waals surface area contributed by atoms with E-state index in [1.165, 1.54) is 37.1 Å². The van der Waals surface area contributed by atoms with E-state index in [1.54, 1.807) is 0 Å². The van der Waals surface area contributed by atoms with Gasteiger partial charge in [0.1, 0.15) is 6.04 Å². The van der Waals surface area contributed by atoms with Crippen molar-refractivity contribution in [2.75, 3.05) is 18.4 Å². The van der Waals surface area contributed by atoms with Gasteiger partial charge < -0.3 is 5.32 Å². The summed E-state index contributed by atoms with van der Waals surface area (Å²) in [6.07, 6.45) is 9.91. The molecule has 5 rings (SSSR count). The molecule has 2 saturated heterocycles. The summed E-state index contributed by atoms with van der Waals surface area (Å²) in [7, 11) is 1.96. The van der Waals surface area contributed by atoms with E-state index in [2.05, 4.69) is 44.5 Å². The van der Waals surface area contributed by atoms with Gasteiger partial charge in [-0.15, -0.1) is 0 Å². The number of likely N-dealkylation sites (tertiary alicyclic amines) is 1. The van der Waals surface area contributed by atoms with Crippen LogP contribution in [0.4, 0.5) is 5.69 Å². The van der Waals surface area contributed by atoms with Crippen LogP contribution in [-0.2, 0) is 18.4 Å². The third-order valence-corrected chi connectivity index (χ3v) is 7.06. The fourth-order valence-electron chi connectivity index (χ4n) is 5.38. The molecule has 3 N–H and O–H groups in total. The highest BCUT2D eigenvalue weighted by Gasteiger charge is 2.44. The van der Waals surface area contributed by atoms with Crippen LogP contribution in [0.3, 0.4) is 0 Å². The Hall–Kier alpha value is -2.22. The first-order chi connectivity index (χ1) is 14.7. The normalized spacial score (nSPS) is 29.1. The highest BCUT2D eigenvalue weighted by Crippen LogP contribution is 2.39. The van der Waals surface area contributed by atoms with Crippen molar-refractivity contribution in [3.63, 3.8) is 0 Å². The maximum Gasteiger partial charge on any atom is 0.243 e. The van der Waals surface area contributed by atoms with E-state index in [0.717, 1.165) is 31.5 Å². The monoisotopic (exact) mass is 408 g/mol. The molecule has 1 aromatic heterocycles. The van der Waals surface area contributed by atoms with Crippen molar-refractivity contribution in [1.29, 1.82) is 0 Å². The summed E-state index contributed by atoms with van der Waals surface area (Å²) in [5.41, 5.74) is 10.1.